The van der Waals surface area contributed by atoms with Crippen LogP contribution in [0, 0.1) is 12.7 Å². The zero-order chi connectivity index (χ0) is 14.8. The van der Waals surface area contributed by atoms with Crippen LogP contribution in [0.5, 0.6) is 0 Å². The van der Waals surface area contributed by atoms with Crippen molar-refractivity contribution in [3.63, 3.8) is 0 Å². The Kier molecular flexibility index (Phi) is 6.02. The third-order valence-corrected chi connectivity index (χ3v) is 4.35. The Morgan fingerprint density at radius 1 is 1.41 bits per heavy atom. The van der Waals surface area contributed by atoms with Gasteiger partial charge in [-0.05, 0) is 43.4 Å². The van der Waals surface area contributed by atoms with Crippen LogP contribution in [0.3, 0.4) is 0 Å². The summed E-state index contributed by atoms with van der Waals surface area (Å²) in [4.78, 5) is 4.24. The first-order valence-electron chi connectivity index (χ1n) is 7.53. The lowest BCUT2D eigenvalue weighted by molar-refractivity contribution is 0.0992. The molecule has 2 aliphatic heterocycles. The highest BCUT2D eigenvalue weighted by molar-refractivity contribution is 14.0. The molecule has 3 rings (SSSR count). The van der Waals surface area contributed by atoms with E-state index in [1.807, 2.05) is 6.07 Å². The number of nitrogens with zero attached hydrogens (tertiary/aromatic N) is 1. The van der Waals surface area contributed by atoms with Crippen LogP contribution in [0.1, 0.15) is 30.4 Å². The van der Waals surface area contributed by atoms with Crippen molar-refractivity contribution in [1.29, 1.82) is 0 Å². The number of hydrogen-bond acceptors (Lipinski definition) is 2. The van der Waals surface area contributed by atoms with Crippen molar-refractivity contribution < 1.29 is 9.13 Å². The second-order valence-electron chi connectivity index (χ2n) is 5.87. The Bertz CT molecular complexity index is 552. The summed E-state index contributed by atoms with van der Waals surface area (Å²) in [5.74, 6) is 0.580. The molecule has 1 aromatic carbocycles. The number of fused-ring (bicyclic) bond motifs is 2. The van der Waals surface area contributed by atoms with E-state index in [0.29, 0.717) is 30.4 Å². The minimum Gasteiger partial charge on any atom is -0.373 e. The highest BCUT2D eigenvalue weighted by Gasteiger charge is 2.41. The number of aryl methyl sites for hydroxylation is 1. The van der Waals surface area contributed by atoms with Crippen molar-refractivity contribution in [1.82, 2.24) is 10.6 Å². The molecule has 2 fully saturated rings. The summed E-state index contributed by atoms with van der Waals surface area (Å²) in [6.07, 6.45) is 4.08. The number of hydrogen-bond donors (Lipinski definition) is 2. The van der Waals surface area contributed by atoms with Gasteiger partial charge in [0, 0.05) is 13.6 Å². The molecule has 2 bridgehead atoms. The highest BCUT2D eigenvalue weighted by atomic mass is 127. The summed E-state index contributed by atoms with van der Waals surface area (Å²) in [6, 6.07) is 5.63. The van der Waals surface area contributed by atoms with Gasteiger partial charge in [-0.2, -0.15) is 0 Å². The predicted molar refractivity (Wildman–Crippen MR) is 96.2 cm³/mol. The fourth-order valence-electron chi connectivity index (χ4n) is 3.09. The van der Waals surface area contributed by atoms with Crippen molar-refractivity contribution in [3.05, 3.63) is 35.1 Å². The van der Waals surface area contributed by atoms with Crippen LogP contribution < -0.4 is 10.6 Å². The standard InChI is InChI=1S/C16H22FN3O.HI/c1-10-3-4-11(7-13(10)17)9-19-16(18-2)20-14-8-12-5-6-15(14)21-12;/h3-4,7,12,14-15H,5-6,8-9H2,1-2H3,(H2,18,19,20);1H. The van der Waals surface area contributed by atoms with Gasteiger partial charge in [0.05, 0.1) is 18.2 Å². The van der Waals surface area contributed by atoms with Gasteiger partial charge in [-0.1, -0.05) is 12.1 Å². The van der Waals surface area contributed by atoms with Gasteiger partial charge in [0.25, 0.3) is 0 Å². The second-order valence-corrected chi connectivity index (χ2v) is 5.87. The molecular weight excluding hydrogens is 396 g/mol. The van der Waals surface area contributed by atoms with Gasteiger partial charge in [0.1, 0.15) is 5.82 Å². The van der Waals surface area contributed by atoms with Crippen molar-refractivity contribution in [2.24, 2.45) is 4.99 Å². The molecular formula is C16H23FIN3O. The first-order chi connectivity index (χ1) is 10.2. The Morgan fingerprint density at radius 3 is 2.82 bits per heavy atom. The largest absolute Gasteiger partial charge is 0.373 e. The molecule has 6 heteroatoms. The number of aliphatic imine (C=N–C) groups is 1. The van der Waals surface area contributed by atoms with E-state index in [4.69, 9.17) is 4.74 Å². The maximum absolute atomic E-state index is 13.5. The molecule has 3 atom stereocenters. The maximum atomic E-state index is 13.5. The number of benzene rings is 1. The predicted octanol–water partition coefficient (Wildman–Crippen LogP) is 2.74. The van der Waals surface area contributed by atoms with Gasteiger partial charge in [0.2, 0.25) is 0 Å². The third-order valence-electron chi connectivity index (χ3n) is 4.35. The summed E-state index contributed by atoms with van der Waals surface area (Å²) < 4.78 is 19.4. The molecule has 0 radical (unpaired) electrons. The van der Waals surface area contributed by atoms with E-state index in [1.165, 1.54) is 6.42 Å². The fourth-order valence-corrected chi connectivity index (χ4v) is 3.09. The lowest BCUT2D eigenvalue weighted by Crippen LogP contribution is -2.47. The lowest BCUT2D eigenvalue weighted by Gasteiger charge is -2.22. The molecule has 2 saturated heterocycles. The maximum Gasteiger partial charge on any atom is 0.191 e. The van der Waals surface area contributed by atoms with E-state index in [9.17, 15) is 4.39 Å². The first kappa shape index (κ1) is 17.5. The SMILES string of the molecule is CN=C(NCc1ccc(C)c(F)c1)NC1CC2CCC1O2.I. The summed E-state index contributed by atoms with van der Waals surface area (Å²) in [6.45, 7) is 2.32. The van der Waals surface area contributed by atoms with Crippen LogP contribution in [0.4, 0.5) is 4.39 Å². The molecule has 1 aromatic rings. The van der Waals surface area contributed by atoms with E-state index in [2.05, 4.69) is 15.6 Å². The number of nitrogens with one attached hydrogen (secondary N) is 2. The van der Waals surface area contributed by atoms with Gasteiger partial charge in [-0.3, -0.25) is 4.99 Å². The van der Waals surface area contributed by atoms with Gasteiger partial charge in [-0.25, -0.2) is 4.39 Å². The van der Waals surface area contributed by atoms with Crippen LogP contribution in [-0.4, -0.2) is 31.3 Å². The van der Waals surface area contributed by atoms with E-state index >= 15 is 0 Å². The van der Waals surface area contributed by atoms with Gasteiger partial charge < -0.3 is 15.4 Å². The Labute approximate surface area is 147 Å². The Balaban J connectivity index is 0.00000176. The van der Waals surface area contributed by atoms with Crippen molar-refractivity contribution >= 4 is 29.9 Å². The summed E-state index contributed by atoms with van der Waals surface area (Å²) in [7, 11) is 1.75. The molecule has 0 spiro atoms. The molecule has 3 unspecified atom stereocenters. The molecule has 22 heavy (non-hydrogen) atoms. The number of guanidine groups is 1. The summed E-state index contributed by atoms with van der Waals surface area (Å²) in [5.41, 5.74) is 1.57. The average molecular weight is 419 g/mol. The Morgan fingerprint density at radius 2 is 2.23 bits per heavy atom. The smallest absolute Gasteiger partial charge is 0.191 e. The van der Waals surface area contributed by atoms with Gasteiger partial charge in [-0.15, -0.1) is 24.0 Å². The number of halogens is 2. The average Bonchev–Trinajstić information content (AvgIpc) is 3.09. The minimum absolute atomic E-state index is 0. The van der Waals surface area contributed by atoms with E-state index in [0.717, 1.165) is 24.4 Å². The van der Waals surface area contributed by atoms with E-state index in [1.54, 1.807) is 26.1 Å². The first-order valence-corrected chi connectivity index (χ1v) is 7.53. The van der Waals surface area contributed by atoms with Crippen molar-refractivity contribution in [2.75, 3.05) is 7.05 Å². The van der Waals surface area contributed by atoms with Crippen LogP contribution >= 0.6 is 24.0 Å². The summed E-state index contributed by atoms with van der Waals surface area (Å²) >= 11 is 0. The van der Waals surface area contributed by atoms with E-state index < -0.39 is 0 Å². The van der Waals surface area contributed by atoms with Crippen molar-refractivity contribution in [2.45, 2.75) is 51.0 Å². The monoisotopic (exact) mass is 419 g/mol. The zero-order valence-electron chi connectivity index (χ0n) is 12.9. The van der Waals surface area contributed by atoms with Crippen LogP contribution in [0.15, 0.2) is 23.2 Å². The molecule has 2 N–H and O–H groups in total. The molecule has 2 aliphatic rings. The molecule has 0 amide bonds. The van der Waals surface area contributed by atoms with Crippen LogP contribution in [0.2, 0.25) is 0 Å². The topological polar surface area (TPSA) is 45.7 Å². The molecule has 0 aromatic heterocycles. The minimum atomic E-state index is -0.168. The normalized spacial score (nSPS) is 26.7. The summed E-state index contributed by atoms with van der Waals surface area (Å²) in [5, 5.41) is 6.65. The van der Waals surface area contributed by atoms with E-state index in [-0.39, 0.29) is 29.8 Å². The Hall–Kier alpha value is -0.890. The van der Waals surface area contributed by atoms with Crippen LogP contribution in [0.25, 0.3) is 0 Å². The third kappa shape index (κ3) is 3.90. The number of ether oxygens (including phenoxy) is 1. The molecule has 122 valence electrons. The molecule has 2 heterocycles. The van der Waals surface area contributed by atoms with Gasteiger partial charge in [0.15, 0.2) is 5.96 Å². The number of rotatable bonds is 3. The molecule has 0 aliphatic carbocycles. The molecule has 4 nitrogen and oxygen atoms in total. The quantitative estimate of drug-likeness (QED) is 0.450. The fraction of sp³-hybridized carbons (Fsp3) is 0.562. The van der Waals surface area contributed by atoms with Crippen molar-refractivity contribution in [3.8, 4) is 0 Å². The van der Waals surface area contributed by atoms with Gasteiger partial charge >= 0.3 is 0 Å². The zero-order valence-corrected chi connectivity index (χ0v) is 15.3. The lowest BCUT2D eigenvalue weighted by atomic mass is 9.96. The molecule has 0 saturated carbocycles. The highest BCUT2D eigenvalue weighted by Crippen LogP contribution is 2.34. The van der Waals surface area contributed by atoms with Crippen LogP contribution in [-0.2, 0) is 11.3 Å². The second kappa shape index (κ2) is 7.59.